The van der Waals surface area contributed by atoms with Crippen molar-refractivity contribution in [3.8, 4) is 11.5 Å². The summed E-state index contributed by atoms with van der Waals surface area (Å²) in [5.74, 6) is 1.46. The van der Waals surface area contributed by atoms with Crippen molar-refractivity contribution in [2.75, 3.05) is 11.9 Å². The van der Waals surface area contributed by atoms with Crippen LogP contribution in [0, 0.1) is 6.92 Å². The van der Waals surface area contributed by atoms with Gasteiger partial charge in [0.2, 0.25) is 0 Å². The quantitative estimate of drug-likeness (QED) is 0.894. The molecule has 94 valence electrons. The van der Waals surface area contributed by atoms with E-state index in [1.165, 1.54) is 0 Å². The van der Waals surface area contributed by atoms with E-state index in [1.807, 2.05) is 38.1 Å². The van der Waals surface area contributed by atoms with E-state index in [1.54, 1.807) is 12.4 Å². The Balaban J connectivity index is 2.17. The zero-order valence-electron chi connectivity index (χ0n) is 10.4. The number of hydrogen-bond donors (Lipinski definition) is 1. The van der Waals surface area contributed by atoms with Gasteiger partial charge in [0.1, 0.15) is 11.5 Å². The molecule has 0 saturated heterocycles. The standard InChI is InChI=1S/C14H15ClN2O/c1-3-17-11-7-13(9-16-8-11)18-12-4-5-14(15)10(2)6-12/h4-9,17H,3H2,1-2H3. The number of nitrogens with zero attached hydrogens (tertiary/aromatic N) is 1. The topological polar surface area (TPSA) is 34.2 Å². The number of rotatable bonds is 4. The van der Waals surface area contributed by atoms with E-state index < -0.39 is 0 Å². The normalized spacial score (nSPS) is 10.2. The zero-order valence-corrected chi connectivity index (χ0v) is 11.2. The highest BCUT2D eigenvalue weighted by molar-refractivity contribution is 6.31. The van der Waals surface area contributed by atoms with E-state index in [-0.39, 0.29) is 0 Å². The van der Waals surface area contributed by atoms with Crippen LogP contribution in [0.4, 0.5) is 5.69 Å². The Kier molecular flexibility index (Phi) is 4.05. The highest BCUT2D eigenvalue weighted by Gasteiger charge is 2.02. The van der Waals surface area contributed by atoms with Gasteiger partial charge >= 0.3 is 0 Å². The molecule has 0 atom stereocenters. The summed E-state index contributed by atoms with van der Waals surface area (Å²) in [6.45, 7) is 4.84. The molecule has 0 bridgehead atoms. The Morgan fingerprint density at radius 3 is 2.78 bits per heavy atom. The summed E-state index contributed by atoms with van der Waals surface area (Å²) in [6, 6.07) is 7.49. The van der Waals surface area contributed by atoms with Gasteiger partial charge in [-0.25, -0.2) is 0 Å². The average molecular weight is 263 g/mol. The van der Waals surface area contributed by atoms with Crippen molar-refractivity contribution in [3.05, 3.63) is 47.2 Å². The molecule has 0 unspecified atom stereocenters. The Morgan fingerprint density at radius 2 is 2.06 bits per heavy atom. The fourth-order valence-corrected chi connectivity index (χ4v) is 1.71. The van der Waals surface area contributed by atoms with E-state index in [2.05, 4.69) is 10.3 Å². The average Bonchev–Trinajstić information content (AvgIpc) is 2.35. The predicted octanol–water partition coefficient (Wildman–Crippen LogP) is 4.27. The van der Waals surface area contributed by atoms with Crippen LogP contribution in [0.3, 0.4) is 0 Å². The van der Waals surface area contributed by atoms with E-state index in [9.17, 15) is 0 Å². The van der Waals surface area contributed by atoms with Crippen molar-refractivity contribution in [2.24, 2.45) is 0 Å². The summed E-state index contributed by atoms with van der Waals surface area (Å²) in [6.07, 6.45) is 3.45. The third kappa shape index (κ3) is 3.14. The van der Waals surface area contributed by atoms with Gasteiger partial charge in [0, 0.05) is 17.6 Å². The second-order valence-corrected chi connectivity index (χ2v) is 4.36. The highest BCUT2D eigenvalue weighted by atomic mass is 35.5. The summed E-state index contributed by atoms with van der Waals surface area (Å²) in [4.78, 5) is 4.13. The van der Waals surface area contributed by atoms with Crippen LogP contribution >= 0.6 is 11.6 Å². The number of aryl methyl sites for hydroxylation is 1. The Labute approximate surface area is 112 Å². The smallest absolute Gasteiger partial charge is 0.147 e. The number of hydrogen-bond acceptors (Lipinski definition) is 3. The first-order chi connectivity index (χ1) is 8.69. The minimum atomic E-state index is 0.704. The van der Waals surface area contributed by atoms with Crippen LogP contribution in [0.15, 0.2) is 36.7 Å². The molecule has 0 radical (unpaired) electrons. The maximum absolute atomic E-state index is 5.97. The number of pyridine rings is 1. The molecule has 2 aromatic rings. The predicted molar refractivity (Wildman–Crippen MR) is 74.7 cm³/mol. The lowest BCUT2D eigenvalue weighted by Gasteiger charge is -2.08. The summed E-state index contributed by atoms with van der Waals surface area (Å²) in [5, 5.41) is 3.93. The molecule has 0 aliphatic carbocycles. The number of ether oxygens (including phenoxy) is 1. The second kappa shape index (κ2) is 5.74. The molecule has 0 aliphatic rings. The van der Waals surface area contributed by atoms with Crippen molar-refractivity contribution in [1.29, 1.82) is 0 Å². The van der Waals surface area contributed by atoms with Crippen LogP contribution in [0.2, 0.25) is 5.02 Å². The van der Waals surface area contributed by atoms with Crippen LogP contribution in [0.25, 0.3) is 0 Å². The fraction of sp³-hybridized carbons (Fsp3) is 0.214. The van der Waals surface area contributed by atoms with Crippen molar-refractivity contribution in [2.45, 2.75) is 13.8 Å². The Hall–Kier alpha value is -1.74. The van der Waals surface area contributed by atoms with E-state index in [4.69, 9.17) is 16.3 Å². The van der Waals surface area contributed by atoms with Crippen LogP contribution in [0.1, 0.15) is 12.5 Å². The summed E-state index contributed by atoms with van der Waals surface area (Å²) < 4.78 is 5.74. The molecule has 0 fully saturated rings. The monoisotopic (exact) mass is 262 g/mol. The van der Waals surface area contributed by atoms with Crippen molar-refractivity contribution in [3.63, 3.8) is 0 Å². The van der Waals surface area contributed by atoms with E-state index in [0.717, 1.165) is 28.6 Å². The van der Waals surface area contributed by atoms with Gasteiger partial charge in [0.15, 0.2) is 0 Å². The maximum atomic E-state index is 5.97. The van der Waals surface area contributed by atoms with Gasteiger partial charge in [0.25, 0.3) is 0 Å². The first-order valence-electron chi connectivity index (χ1n) is 5.82. The maximum Gasteiger partial charge on any atom is 0.147 e. The van der Waals surface area contributed by atoms with E-state index in [0.29, 0.717) is 5.75 Å². The number of halogens is 1. The van der Waals surface area contributed by atoms with Crippen molar-refractivity contribution >= 4 is 17.3 Å². The van der Waals surface area contributed by atoms with Gasteiger partial charge in [0.05, 0.1) is 18.1 Å². The van der Waals surface area contributed by atoms with Crippen LogP contribution in [-0.2, 0) is 0 Å². The molecule has 1 aromatic heterocycles. The number of benzene rings is 1. The summed E-state index contributed by atoms with van der Waals surface area (Å²) in [7, 11) is 0. The van der Waals surface area contributed by atoms with Gasteiger partial charge in [-0.2, -0.15) is 0 Å². The highest BCUT2D eigenvalue weighted by Crippen LogP contribution is 2.26. The van der Waals surface area contributed by atoms with Crippen molar-refractivity contribution in [1.82, 2.24) is 4.98 Å². The van der Waals surface area contributed by atoms with Gasteiger partial charge < -0.3 is 10.1 Å². The van der Waals surface area contributed by atoms with Crippen LogP contribution in [0.5, 0.6) is 11.5 Å². The van der Waals surface area contributed by atoms with Gasteiger partial charge in [-0.1, -0.05) is 11.6 Å². The Bertz CT molecular complexity index is 543. The lowest BCUT2D eigenvalue weighted by atomic mass is 10.2. The Morgan fingerprint density at radius 1 is 1.22 bits per heavy atom. The molecule has 18 heavy (non-hydrogen) atoms. The second-order valence-electron chi connectivity index (χ2n) is 3.95. The number of nitrogens with one attached hydrogen (secondary N) is 1. The lowest BCUT2D eigenvalue weighted by Crippen LogP contribution is -1.97. The largest absolute Gasteiger partial charge is 0.456 e. The molecule has 0 aliphatic heterocycles. The minimum Gasteiger partial charge on any atom is -0.456 e. The van der Waals surface area contributed by atoms with Crippen LogP contribution < -0.4 is 10.1 Å². The molecule has 1 aromatic carbocycles. The lowest BCUT2D eigenvalue weighted by molar-refractivity contribution is 0.480. The first kappa shape index (κ1) is 12.7. The molecule has 0 amide bonds. The van der Waals surface area contributed by atoms with E-state index >= 15 is 0 Å². The molecular formula is C14H15ClN2O. The molecule has 2 rings (SSSR count). The summed E-state index contributed by atoms with van der Waals surface area (Å²) in [5.41, 5.74) is 1.94. The number of aromatic nitrogens is 1. The van der Waals surface area contributed by atoms with Gasteiger partial charge in [-0.15, -0.1) is 0 Å². The molecule has 1 heterocycles. The molecule has 0 spiro atoms. The third-order valence-corrected chi connectivity index (χ3v) is 2.88. The summed E-state index contributed by atoms with van der Waals surface area (Å²) >= 11 is 5.97. The molecule has 3 nitrogen and oxygen atoms in total. The first-order valence-corrected chi connectivity index (χ1v) is 6.19. The molecular weight excluding hydrogens is 248 g/mol. The molecule has 0 saturated carbocycles. The van der Waals surface area contributed by atoms with Gasteiger partial charge in [-0.3, -0.25) is 4.98 Å². The fourth-order valence-electron chi connectivity index (χ4n) is 1.59. The molecule has 1 N–H and O–H groups in total. The number of anilines is 1. The molecule has 4 heteroatoms. The van der Waals surface area contributed by atoms with Crippen molar-refractivity contribution < 1.29 is 4.74 Å². The van der Waals surface area contributed by atoms with Crippen LogP contribution in [-0.4, -0.2) is 11.5 Å². The minimum absolute atomic E-state index is 0.704. The SMILES string of the molecule is CCNc1cncc(Oc2ccc(Cl)c(C)c2)c1. The third-order valence-electron chi connectivity index (χ3n) is 2.46. The zero-order chi connectivity index (χ0) is 13.0. The van der Waals surface area contributed by atoms with Gasteiger partial charge in [-0.05, 0) is 37.6 Å².